The van der Waals surface area contributed by atoms with Crippen molar-refractivity contribution in [3.05, 3.63) is 11.9 Å². The van der Waals surface area contributed by atoms with Gasteiger partial charge in [-0.05, 0) is 26.2 Å². The fourth-order valence-corrected chi connectivity index (χ4v) is 2.06. The second-order valence-electron chi connectivity index (χ2n) is 4.94. The molecule has 2 rings (SSSR count). The molecular formula is C13H22N4O. The molecule has 3 N–H and O–H groups in total. The lowest BCUT2D eigenvalue weighted by Gasteiger charge is -2.17. The molecule has 1 aromatic heterocycles. The van der Waals surface area contributed by atoms with Crippen LogP contribution in [0.25, 0.3) is 0 Å². The van der Waals surface area contributed by atoms with E-state index in [1.807, 2.05) is 0 Å². The molecule has 1 aromatic rings. The summed E-state index contributed by atoms with van der Waals surface area (Å²) in [5.41, 5.74) is 1.21. The maximum Gasteiger partial charge on any atom is 0.134 e. The second-order valence-corrected chi connectivity index (χ2v) is 4.94. The van der Waals surface area contributed by atoms with Gasteiger partial charge >= 0.3 is 0 Å². The monoisotopic (exact) mass is 250 g/mol. The van der Waals surface area contributed by atoms with Crippen molar-refractivity contribution in [3.63, 3.8) is 0 Å². The summed E-state index contributed by atoms with van der Waals surface area (Å²) in [4.78, 5) is 8.58. The van der Waals surface area contributed by atoms with Crippen molar-refractivity contribution in [2.24, 2.45) is 5.41 Å². The molecule has 100 valence electrons. The van der Waals surface area contributed by atoms with Crippen LogP contribution < -0.4 is 10.6 Å². The Morgan fingerprint density at radius 3 is 2.39 bits per heavy atom. The number of rotatable bonds is 7. The Morgan fingerprint density at radius 2 is 1.89 bits per heavy atom. The zero-order valence-corrected chi connectivity index (χ0v) is 11.2. The maximum absolute atomic E-state index is 9.31. The Balaban J connectivity index is 2.09. The molecule has 0 atom stereocenters. The number of aromatic nitrogens is 2. The van der Waals surface area contributed by atoms with E-state index in [2.05, 4.69) is 34.4 Å². The minimum atomic E-state index is 0.0916. The third-order valence-electron chi connectivity index (χ3n) is 3.57. The fraction of sp³-hybridized carbons (Fsp3) is 0.692. The molecule has 1 aliphatic rings. The van der Waals surface area contributed by atoms with E-state index in [-0.39, 0.29) is 12.0 Å². The Hall–Kier alpha value is -1.36. The van der Waals surface area contributed by atoms with E-state index in [0.717, 1.165) is 49.6 Å². The topological polar surface area (TPSA) is 70.1 Å². The van der Waals surface area contributed by atoms with Crippen molar-refractivity contribution < 1.29 is 5.11 Å². The highest BCUT2D eigenvalue weighted by Gasteiger charge is 2.41. The maximum atomic E-state index is 9.31. The number of aliphatic hydroxyl groups excluding tert-OH is 1. The third-order valence-corrected chi connectivity index (χ3v) is 3.57. The highest BCUT2D eigenvalue weighted by atomic mass is 16.3. The molecule has 0 radical (unpaired) electrons. The van der Waals surface area contributed by atoms with E-state index in [4.69, 9.17) is 0 Å². The van der Waals surface area contributed by atoms with Crippen molar-refractivity contribution in [2.45, 2.75) is 33.1 Å². The molecular weight excluding hydrogens is 228 g/mol. The number of nitrogens with zero attached hydrogens (tertiary/aromatic N) is 2. The van der Waals surface area contributed by atoms with Crippen LogP contribution in [0.2, 0.25) is 0 Å². The van der Waals surface area contributed by atoms with Crippen LogP contribution in [0.1, 0.15) is 32.3 Å². The number of aliphatic hydroxyl groups is 1. The van der Waals surface area contributed by atoms with E-state index in [9.17, 15) is 5.11 Å². The highest BCUT2D eigenvalue weighted by molar-refractivity contribution is 5.57. The number of hydrogen-bond donors (Lipinski definition) is 3. The van der Waals surface area contributed by atoms with Gasteiger partial charge in [-0.1, -0.05) is 6.92 Å². The number of nitrogens with one attached hydrogen (secondary N) is 2. The molecule has 0 amide bonds. The first kappa shape index (κ1) is 13.1. The van der Waals surface area contributed by atoms with Crippen LogP contribution in [-0.4, -0.2) is 34.8 Å². The third kappa shape index (κ3) is 2.72. The van der Waals surface area contributed by atoms with Gasteiger partial charge in [-0.15, -0.1) is 0 Å². The summed E-state index contributed by atoms with van der Waals surface area (Å²) >= 11 is 0. The number of hydrogen-bond acceptors (Lipinski definition) is 5. The molecule has 0 saturated heterocycles. The first-order valence-corrected chi connectivity index (χ1v) is 6.67. The Kier molecular flexibility index (Phi) is 4.01. The molecule has 0 spiro atoms. The van der Waals surface area contributed by atoms with Crippen LogP contribution in [-0.2, 0) is 6.42 Å². The standard InChI is InChI=1S/C13H22N4O/c1-3-10-11(14-4-2)16-9-17-12(10)15-7-13(8-18)5-6-13/h9,18H,3-8H2,1-2H3,(H2,14,15,16,17). The molecule has 18 heavy (non-hydrogen) atoms. The summed E-state index contributed by atoms with van der Waals surface area (Å²) in [7, 11) is 0. The van der Waals surface area contributed by atoms with Crippen LogP contribution in [0.3, 0.4) is 0 Å². The van der Waals surface area contributed by atoms with Gasteiger partial charge in [0.05, 0.1) is 6.61 Å². The Labute approximate surface area is 108 Å². The summed E-state index contributed by atoms with van der Waals surface area (Å²) in [5, 5.41) is 15.9. The van der Waals surface area contributed by atoms with Crippen molar-refractivity contribution in [1.29, 1.82) is 0 Å². The van der Waals surface area contributed by atoms with Gasteiger partial charge in [0.15, 0.2) is 0 Å². The van der Waals surface area contributed by atoms with Crippen LogP contribution in [0.4, 0.5) is 11.6 Å². The van der Waals surface area contributed by atoms with Gasteiger partial charge in [0, 0.05) is 24.1 Å². The van der Waals surface area contributed by atoms with E-state index < -0.39 is 0 Å². The average Bonchev–Trinajstić information content (AvgIpc) is 3.17. The SMILES string of the molecule is CCNc1ncnc(NCC2(CO)CC2)c1CC. The molecule has 1 aliphatic carbocycles. The molecule has 1 saturated carbocycles. The summed E-state index contributed by atoms with van der Waals surface area (Å²) in [5.74, 6) is 1.80. The fourth-order valence-electron chi connectivity index (χ4n) is 2.06. The largest absolute Gasteiger partial charge is 0.396 e. The van der Waals surface area contributed by atoms with Gasteiger partial charge in [-0.25, -0.2) is 9.97 Å². The molecule has 0 aromatic carbocycles. The van der Waals surface area contributed by atoms with Crippen molar-refractivity contribution in [3.8, 4) is 0 Å². The summed E-state index contributed by atoms with van der Waals surface area (Å²) in [6, 6.07) is 0. The predicted octanol–water partition coefficient (Wildman–Crippen LogP) is 1.66. The van der Waals surface area contributed by atoms with Crippen LogP contribution in [0, 0.1) is 5.41 Å². The van der Waals surface area contributed by atoms with Gasteiger partial charge in [-0.3, -0.25) is 0 Å². The molecule has 1 fully saturated rings. The zero-order valence-electron chi connectivity index (χ0n) is 11.2. The molecule has 1 heterocycles. The quantitative estimate of drug-likeness (QED) is 0.686. The lowest BCUT2D eigenvalue weighted by Crippen LogP contribution is -2.20. The first-order valence-electron chi connectivity index (χ1n) is 6.67. The van der Waals surface area contributed by atoms with Gasteiger partial charge in [0.25, 0.3) is 0 Å². The van der Waals surface area contributed by atoms with Crippen LogP contribution in [0.5, 0.6) is 0 Å². The first-order chi connectivity index (χ1) is 8.74. The van der Waals surface area contributed by atoms with Crippen LogP contribution in [0.15, 0.2) is 6.33 Å². The van der Waals surface area contributed by atoms with E-state index in [1.165, 1.54) is 0 Å². The number of anilines is 2. The molecule has 0 unspecified atom stereocenters. The average molecular weight is 250 g/mol. The van der Waals surface area contributed by atoms with E-state index >= 15 is 0 Å². The Morgan fingerprint density at radius 1 is 1.22 bits per heavy atom. The van der Waals surface area contributed by atoms with Gasteiger partial charge in [-0.2, -0.15) is 0 Å². The lowest BCUT2D eigenvalue weighted by atomic mass is 10.1. The summed E-state index contributed by atoms with van der Waals surface area (Å²) in [6.07, 6.45) is 4.67. The predicted molar refractivity (Wildman–Crippen MR) is 72.8 cm³/mol. The molecule has 5 nitrogen and oxygen atoms in total. The van der Waals surface area contributed by atoms with Gasteiger partial charge in [0.2, 0.25) is 0 Å². The van der Waals surface area contributed by atoms with E-state index in [0.29, 0.717) is 0 Å². The second kappa shape index (κ2) is 5.52. The minimum absolute atomic E-state index is 0.0916. The zero-order chi connectivity index (χ0) is 13.0. The smallest absolute Gasteiger partial charge is 0.134 e. The Bertz CT molecular complexity index is 404. The highest BCUT2D eigenvalue weighted by Crippen LogP contribution is 2.45. The normalized spacial score (nSPS) is 16.4. The van der Waals surface area contributed by atoms with Crippen molar-refractivity contribution >= 4 is 11.6 Å². The van der Waals surface area contributed by atoms with Gasteiger partial charge < -0.3 is 15.7 Å². The van der Waals surface area contributed by atoms with Crippen molar-refractivity contribution in [2.75, 3.05) is 30.3 Å². The summed E-state index contributed by atoms with van der Waals surface area (Å²) < 4.78 is 0. The lowest BCUT2D eigenvalue weighted by molar-refractivity contribution is 0.219. The van der Waals surface area contributed by atoms with Gasteiger partial charge in [0.1, 0.15) is 18.0 Å². The van der Waals surface area contributed by atoms with E-state index in [1.54, 1.807) is 6.33 Å². The molecule has 0 bridgehead atoms. The van der Waals surface area contributed by atoms with Crippen LogP contribution >= 0.6 is 0 Å². The van der Waals surface area contributed by atoms with Crippen molar-refractivity contribution in [1.82, 2.24) is 9.97 Å². The summed E-state index contributed by atoms with van der Waals surface area (Å²) in [6.45, 7) is 6.05. The molecule has 0 aliphatic heterocycles. The molecule has 5 heteroatoms. The minimum Gasteiger partial charge on any atom is -0.396 e.